The SMILES string of the molecule is NCC[C@H]1CCN2CCn3c(c(C4CCCCC4)c4ccc(C(=O)O)cc43)-c3cccc1c32. The summed E-state index contributed by atoms with van der Waals surface area (Å²) in [4.78, 5) is 14.4. The molecule has 1 saturated carbocycles. The molecule has 0 spiro atoms. The lowest BCUT2D eigenvalue weighted by Gasteiger charge is -2.36. The number of carboxylic acids is 1. The number of aromatic nitrogens is 1. The van der Waals surface area contributed by atoms with Crippen molar-refractivity contribution in [1.29, 1.82) is 0 Å². The second kappa shape index (κ2) is 8.21. The van der Waals surface area contributed by atoms with E-state index >= 15 is 0 Å². The molecule has 5 heteroatoms. The minimum Gasteiger partial charge on any atom is -0.478 e. The second-order valence-corrected chi connectivity index (χ2v) is 10.1. The fourth-order valence-electron chi connectivity index (χ4n) is 6.80. The van der Waals surface area contributed by atoms with Gasteiger partial charge in [-0.25, -0.2) is 4.79 Å². The molecule has 1 aromatic heterocycles. The Morgan fingerprint density at radius 3 is 2.67 bits per heavy atom. The molecule has 172 valence electrons. The molecule has 1 atom stereocenters. The van der Waals surface area contributed by atoms with E-state index in [9.17, 15) is 9.90 Å². The fourth-order valence-corrected chi connectivity index (χ4v) is 6.80. The number of nitrogens with two attached hydrogens (primary N) is 1. The molecule has 0 radical (unpaired) electrons. The number of carboxylic acid groups (broad SMARTS) is 1. The first-order chi connectivity index (χ1) is 16.2. The molecule has 5 nitrogen and oxygen atoms in total. The molecule has 0 unspecified atom stereocenters. The lowest BCUT2D eigenvalue weighted by Crippen LogP contribution is -2.33. The monoisotopic (exact) mass is 443 g/mol. The zero-order chi connectivity index (χ0) is 22.5. The third kappa shape index (κ3) is 3.28. The van der Waals surface area contributed by atoms with Gasteiger partial charge in [0.1, 0.15) is 0 Å². The molecule has 2 aliphatic heterocycles. The molecular weight excluding hydrogens is 410 g/mol. The first-order valence-corrected chi connectivity index (χ1v) is 12.6. The van der Waals surface area contributed by atoms with Gasteiger partial charge in [-0.1, -0.05) is 43.5 Å². The summed E-state index contributed by atoms with van der Waals surface area (Å²) in [7, 11) is 0. The van der Waals surface area contributed by atoms with Crippen LogP contribution in [-0.4, -0.2) is 35.3 Å². The van der Waals surface area contributed by atoms with Crippen molar-refractivity contribution in [2.24, 2.45) is 5.73 Å². The van der Waals surface area contributed by atoms with E-state index in [0.717, 1.165) is 44.5 Å². The lowest BCUT2D eigenvalue weighted by molar-refractivity contribution is 0.0697. The number of aromatic carboxylic acids is 1. The van der Waals surface area contributed by atoms with Crippen LogP contribution < -0.4 is 10.6 Å². The normalized spacial score (nSPS) is 20.4. The molecule has 0 amide bonds. The average molecular weight is 444 g/mol. The summed E-state index contributed by atoms with van der Waals surface area (Å²) in [5, 5.41) is 10.9. The van der Waals surface area contributed by atoms with Crippen LogP contribution in [0, 0.1) is 0 Å². The van der Waals surface area contributed by atoms with Crippen LogP contribution in [-0.2, 0) is 6.54 Å². The number of rotatable bonds is 4. The molecular formula is C28H33N3O2. The Bertz CT molecular complexity index is 1220. The Morgan fingerprint density at radius 2 is 1.88 bits per heavy atom. The first kappa shape index (κ1) is 20.8. The maximum atomic E-state index is 11.8. The third-order valence-corrected chi connectivity index (χ3v) is 8.30. The minimum absolute atomic E-state index is 0.375. The highest BCUT2D eigenvalue weighted by Crippen LogP contribution is 2.50. The largest absolute Gasteiger partial charge is 0.478 e. The minimum atomic E-state index is -0.854. The zero-order valence-corrected chi connectivity index (χ0v) is 19.2. The van der Waals surface area contributed by atoms with Crippen molar-refractivity contribution in [1.82, 2.24) is 4.57 Å². The summed E-state index contributed by atoms with van der Waals surface area (Å²) < 4.78 is 2.44. The maximum Gasteiger partial charge on any atom is 0.335 e. The topological polar surface area (TPSA) is 71.5 Å². The van der Waals surface area contributed by atoms with E-state index < -0.39 is 5.97 Å². The van der Waals surface area contributed by atoms with E-state index in [-0.39, 0.29) is 0 Å². The number of fused-ring (bicyclic) bond motifs is 4. The van der Waals surface area contributed by atoms with Gasteiger partial charge < -0.3 is 20.3 Å². The van der Waals surface area contributed by atoms with Crippen LogP contribution >= 0.6 is 0 Å². The van der Waals surface area contributed by atoms with Crippen LogP contribution in [0.3, 0.4) is 0 Å². The predicted molar refractivity (Wildman–Crippen MR) is 133 cm³/mol. The van der Waals surface area contributed by atoms with Crippen LogP contribution in [0.5, 0.6) is 0 Å². The van der Waals surface area contributed by atoms with Crippen LogP contribution in [0.25, 0.3) is 22.2 Å². The van der Waals surface area contributed by atoms with Crippen LogP contribution in [0.4, 0.5) is 5.69 Å². The van der Waals surface area contributed by atoms with Crippen molar-refractivity contribution in [3.8, 4) is 11.3 Å². The Morgan fingerprint density at radius 1 is 1.03 bits per heavy atom. The van der Waals surface area contributed by atoms with Gasteiger partial charge in [0.2, 0.25) is 0 Å². The van der Waals surface area contributed by atoms with E-state index in [1.807, 2.05) is 6.07 Å². The van der Waals surface area contributed by atoms with E-state index in [2.05, 4.69) is 33.7 Å². The van der Waals surface area contributed by atoms with Crippen molar-refractivity contribution in [3.05, 3.63) is 53.1 Å². The van der Waals surface area contributed by atoms with Crippen molar-refractivity contribution in [2.75, 3.05) is 24.5 Å². The van der Waals surface area contributed by atoms with Gasteiger partial charge in [0, 0.05) is 41.8 Å². The Kier molecular flexibility index (Phi) is 5.17. The summed E-state index contributed by atoms with van der Waals surface area (Å²) in [6.07, 6.45) is 8.52. The van der Waals surface area contributed by atoms with Gasteiger partial charge in [0.15, 0.2) is 0 Å². The summed E-state index contributed by atoms with van der Waals surface area (Å²) in [6.45, 7) is 3.63. The quantitative estimate of drug-likeness (QED) is 0.542. The van der Waals surface area contributed by atoms with E-state index in [1.165, 1.54) is 65.6 Å². The Labute approximate surface area is 195 Å². The number of anilines is 1. The fraction of sp³-hybridized carbons (Fsp3) is 0.464. The maximum absolute atomic E-state index is 11.8. The van der Waals surface area contributed by atoms with Gasteiger partial charge in [-0.2, -0.15) is 0 Å². The van der Waals surface area contributed by atoms with Crippen molar-refractivity contribution in [3.63, 3.8) is 0 Å². The van der Waals surface area contributed by atoms with E-state index in [1.54, 1.807) is 6.07 Å². The van der Waals surface area contributed by atoms with Crippen molar-refractivity contribution >= 4 is 22.6 Å². The lowest BCUT2D eigenvalue weighted by atomic mass is 9.80. The van der Waals surface area contributed by atoms with Gasteiger partial charge in [0.25, 0.3) is 0 Å². The summed E-state index contributed by atoms with van der Waals surface area (Å²) >= 11 is 0. The first-order valence-electron chi connectivity index (χ1n) is 12.6. The highest BCUT2D eigenvalue weighted by Gasteiger charge is 2.34. The van der Waals surface area contributed by atoms with Gasteiger partial charge in [-0.05, 0) is 67.3 Å². The average Bonchev–Trinajstić information content (AvgIpc) is 3.07. The molecule has 1 aliphatic carbocycles. The number of hydrogen-bond donors (Lipinski definition) is 2. The molecule has 3 N–H and O–H groups in total. The van der Waals surface area contributed by atoms with E-state index in [4.69, 9.17) is 5.73 Å². The highest BCUT2D eigenvalue weighted by molar-refractivity contribution is 6.00. The van der Waals surface area contributed by atoms with Gasteiger partial charge in [-0.15, -0.1) is 0 Å². The summed E-state index contributed by atoms with van der Waals surface area (Å²) in [6, 6.07) is 12.6. The number of benzene rings is 2. The number of nitrogens with zero attached hydrogens (tertiary/aromatic N) is 2. The third-order valence-electron chi connectivity index (χ3n) is 8.30. The van der Waals surface area contributed by atoms with Crippen molar-refractivity contribution in [2.45, 2.75) is 63.3 Å². The molecule has 2 aromatic carbocycles. The van der Waals surface area contributed by atoms with Crippen molar-refractivity contribution < 1.29 is 9.90 Å². The molecule has 3 aliphatic rings. The van der Waals surface area contributed by atoms with Gasteiger partial charge >= 0.3 is 5.97 Å². The molecule has 0 bridgehead atoms. The number of carbonyl (C=O) groups is 1. The van der Waals surface area contributed by atoms with Gasteiger partial charge in [0.05, 0.1) is 11.3 Å². The molecule has 3 aromatic rings. The second-order valence-electron chi connectivity index (χ2n) is 10.1. The number of hydrogen-bond acceptors (Lipinski definition) is 3. The predicted octanol–water partition coefficient (Wildman–Crippen LogP) is 5.71. The highest BCUT2D eigenvalue weighted by atomic mass is 16.4. The van der Waals surface area contributed by atoms with Crippen LogP contribution in [0.15, 0.2) is 36.4 Å². The Hall–Kier alpha value is -2.79. The standard InChI is InChI=1S/C28H33N3O2/c29-13-11-18-12-14-30-15-16-31-24-17-20(28(32)33)9-10-22(24)25(19-5-2-1-3-6-19)27(31)23-8-4-7-21(18)26(23)30/h4,7-10,17-19H,1-3,5-6,11-16,29H2,(H,32,33)/t18-/m0/s1. The molecule has 6 rings (SSSR count). The zero-order valence-electron chi connectivity index (χ0n) is 19.2. The Balaban J connectivity index is 1.64. The molecule has 1 fully saturated rings. The summed E-state index contributed by atoms with van der Waals surface area (Å²) in [5.74, 6) is 0.208. The van der Waals surface area contributed by atoms with Gasteiger partial charge in [-0.3, -0.25) is 0 Å². The smallest absolute Gasteiger partial charge is 0.335 e. The summed E-state index contributed by atoms with van der Waals surface area (Å²) in [5.41, 5.74) is 14.4. The molecule has 3 heterocycles. The number of para-hydroxylation sites is 1. The van der Waals surface area contributed by atoms with Crippen LogP contribution in [0.1, 0.15) is 78.3 Å². The molecule has 0 saturated heterocycles. The molecule has 33 heavy (non-hydrogen) atoms. The van der Waals surface area contributed by atoms with E-state index in [0.29, 0.717) is 17.4 Å². The van der Waals surface area contributed by atoms with Crippen LogP contribution in [0.2, 0.25) is 0 Å².